The molecule has 1 heterocycles. The van der Waals surface area contributed by atoms with Crippen LogP contribution in [0, 0.1) is 77.3 Å². The van der Waals surface area contributed by atoms with Gasteiger partial charge in [0.2, 0.25) is 0 Å². The predicted molar refractivity (Wildman–Crippen MR) is 412 cm³/mol. The third kappa shape index (κ3) is 42.7. The summed E-state index contributed by atoms with van der Waals surface area (Å²) in [5.74, 6) is 4.57. The largest absolute Gasteiger partial charge is 0.265 e. The number of halogens is 2. The van der Waals surface area contributed by atoms with Crippen molar-refractivity contribution in [1.82, 2.24) is 4.98 Å². The molecule has 0 saturated heterocycles. The highest BCUT2D eigenvalue weighted by molar-refractivity contribution is 6.31. The number of aromatic nitrogens is 1. The monoisotopic (exact) mass is 1280 g/mol. The number of pyridine rings is 1. The van der Waals surface area contributed by atoms with Gasteiger partial charge in [0.05, 0.1) is 0 Å². The minimum Gasteiger partial charge on any atom is -0.265 e. The molecule has 7 rings (SSSR count). The second kappa shape index (κ2) is 38.9. The number of hydrogen-bond acceptors (Lipinski definition) is 1. The molecule has 0 spiro atoms. The molecule has 1 saturated carbocycles. The lowest BCUT2D eigenvalue weighted by molar-refractivity contribution is 0.348. The molecule has 516 valence electrons. The lowest BCUT2D eigenvalue weighted by Gasteiger charge is -2.24. The zero-order chi connectivity index (χ0) is 70.8. The van der Waals surface area contributed by atoms with Crippen LogP contribution in [0.1, 0.15) is 336 Å². The predicted octanol–water partition coefficient (Wildman–Crippen LogP) is 29.6. The third-order valence-corrected chi connectivity index (χ3v) is 16.8. The van der Waals surface area contributed by atoms with E-state index in [1.165, 1.54) is 89.5 Å². The lowest BCUT2D eigenvalue weighted by Crippen LogP contribution is -2.10. The molecular weight excluding hydrogens is 1140 g/mol. The SMILES string of the molecule is CC(C)(C)CC1CC1.C[C@H](CC(C)(C)C)c1ccccc1.C[C@H](CC(C)(C)C)c1ccncc1.Cc1ccc([C@H](C)CC(C)(C)C)c(Cl)c1.Cc1ccc([C@H](C)CC(C)(C)C)cc1.Cc1ccc([C@H](C)CC(C)(C)C)cc1.Cc1ccc([C@H](C)CC(C)(C)C)cc1F. The van der Waals surface area contributed by atoms with Crippen molar-refractivity contribution in [3.63, 3.8) is 0 Å². The van der Waals surface area contributed by atoms with E-state index in [4.69, 9.17) is 11.6 Å². The standard InChI is InChI=1S/C14H21Cl.C14H21F.2C14H22.C13H20.C12H19N.C8H16/c1-10-6-7-12(13(15)8-10)11(2)9-14(3,4)5;1-10-6-7-12(8-13(10)15)11(2)9-14(3,4)5;2*1-11-6-8-13(9-7-11)12(2)10-14(3,4)5;1-11(10-13(2,3)4)12-8-6-5-7-9-12;1-10(9-12(2,3)4)11-5-7-13-8-6-11;1-8(2,3)6-7-4-5-7/h2*6-8,11H,9H2,1-5H3;2*6-9,12H,10H2,1-5H3;5-9,11H,10H2,1-4H3;5-8,10H,9H2,1-4H3;7H,4-6H2,1-3H3/t2*11-;2*12-;11-;10-;/m111111./s1. The molecule has 1 aliphatic carbocycles. The third-order valence-electron chi connectivity index (χ3n) is 16.5. The average Bonchev–Trinajstić information content (AvgIpc) is 2.68. The van der Waals surface area contributed by atoms with Gasteiger partial charge >= 0.3 is 0 Å². The zero-order valence-electron chi connectivity index (χ0n) is 65.4. The Balaban J connectivity index is 0.000000540. The fourth-order valence-electron chi connectivity index (χ4n) is 12.6. The van der Waals surface area contributed by atoms with Gasteiger partial charge in [-0.2, -0.15) is 0 Å². The summed E-state index contributed by atoms with van der Waals surface area (Å²) in [5.41, 5.74) is 15.7. The van der Waals surface area contributed by atoms with Crippen molar-refractivity contribution in [2.45, 2.75) is 308 Å². The van der Waals surface area contributed by atoms with Gasteiger partial charge in [0.25, 0.3) is 0 Å². The van der Waals surface area contributed by atoms with E-state index in [1.807, 2.05) is 24.5 Å². The second-order valence-corrected chi connectivity index (χ2v) is 37.2. The summed E-state index contributed by atoms with van der Waals surface area (Å²) in [6.45, 7) is 69.8. The first kappa shape index (κ1) is 85.5. The topological polar surface area (TPSA) is 12.9 Å². The summed E-state index contributed by atoms with van der Waals surface area (Å²) < 4.78 is 13.4. The van der Waals surface area contributed by atoms with Gasteiger partial charge in [0.15, 0.2) is 0 Å². The first-order valence-electron chi connectivity index (χ1n) is 35.5. The van der Waals surface area contributed by atoms with Crippen molar-refractivity contribution in [2.24, 2.45) is 43.8 Å². The number of nitrogens with zero attached hydrogens (tertiary/aromatic N) is 1. The van der Waals surface area contributed by atoms with Crippen LogP contribution >= 0.6 is 11.6 Å². The molecule has 6 atom stereocenters. The Labute approximate surface area is 575 Å². The minimum absolute atomic E-state index is 0.0896. The highest BCUT2D eigenvalue weighted by Gasteiger charge is 2.27. The van der Waals surface area contributed by atoms with E-state index in [0.717, 1.165) is 34.9 Å². The number of hydrogen-bond donors (Lipinski definition) is 0. The summed E-state index contributed by atoms with van der Waals surface area (Å²) in [5, 5.41) is 0.909. The van der Waals surface area contributed by atoms with E-state index in [2.05, 4.69) is 322 Å². The molecule has 1 fully saturated rings. The van der Waals surface area contributed by atoms with Gasteiger partial charge in [-0.1, -0.05) is 326 Å². The van der Waals surface area contributed by atoms with Crippen LogP contribution < -0.4 is 0 Å². The molecular formula is C89H141ClFN. The Hall–Kier alpha value is -4.53. The maximum Gasteiger partial charge on any atom is 0.126 e. The molecule has 92 heavy (non-hydrogen) atoms. The lowest BCUT2D eigenvalue weighted by atomic mass is 9.82. The van der Waals surface area contributed by atoms with Gasteiger partial charge in [-0.25, -0.2) is 4.39 Å². The Morgan fingerprint density at radius 1 is 0.359 bits per heavy atom. The fourth-order valence-corrected chi connectivity index (χ4v) is 13.0. The quantitative estimate of drug-likeness (QED) is 0.112. The molecule has 0 unspecified atom stereocenters. The van der Waals surface area contributed by atoms with Crippen molar-refractivity contribution >= 4 is 11.6 Å². The minimum atomic E-state index is -0.0896. The van der Waals surface area contributed by atoms with Crippen LogP contribution in [0.15, 0.2) is 140 Å². The second-order valence-electron chi connectivity index (χ2n) is 36.7. The van der Waals surface area contributed by atoms with E-state index in [0.29, 0.717) is 73.4 Å². The van der Waals surface area contributed by atoms with Gasteiger partial charge in [-0.05, 0) is 221 Å². The van der Waals surface area contributed by atoms with Crippen molar-refractivity contribution in [3.8, 4) is 0 Å². The molecule has 6 aromatic rings. The summed E-state index contributed by atoms with van der Waals surface area (Å²) in [6.07, 6.45) is 15.4. The van der Waals surface area contributed by atoms with Gasteiger partial charge in [-0.3, -0.25) is 4.98 Å². The Morgan fingerprint density at radius 2 is 0.663 bits per heavy atom. The van der Waals surface area contributed by atoms with Gasteiger partial charge in [0.1, 0.15) is 5.82 Å². The molecule has 0 aliphatic heterocycles. The van der Waals surface area contributed by atoms with Crippen molar-refractivity contribution < 1.29 is 4.39 Å². The molecule has 0 radical (unpaired) electrons. The number of rotatable bonds is 13. The van der Waals surface area contributed by atoms with Crippen molar-refractivity contribution in [3.05, 3.63) is 206 Å². The Morgan fingerprint density at radius 3 is 0.967 bits per heavy atom. The van der Waals surface area contributed by atoms with Crippen LogP contribution in [-0.2, 0) is 0 Å². The summed E-state index contributed by atoms with van der Waals surface area (Å²) in [7, 11) is 0. The molecule has 0 bridgehead atoms. The molecule has 3 heteroatoms. The van der Waals surface area contributed by atoms with Crippen LogP contribution in [0.3, 0.4) is 0 Å². The first-order valence-corrected chi connectivity index (χ1v) is 35.9. The van der Waals surface area contributed by atoms with Crippen molar-refractivity contribution in [1.29, 1.82) is 0 Å². The number of aryl methyl sites for hydroxylation is 4. The molecule has 0 amide bonds. The molecule has 0 N–H and O–H groups in total. The van der Waals surface area contributed by atoms with Gasteiger partial charge in [-0.15, -0.1) is 0 Å². The average molecular weight is 1280 g/mol. The number of benzene rings is 5. The molecule has 1 aliphatic rings. The maximum atomic E-state index is 13.4. The Kier molecular flexibility index (Phi) is 36.1. The summed E-state index contributed by atoms with van der Waals surface area (Å²) in [4.78, 5) is 4.02. The van der Waals surface area contributed by atoms with Crippen LogP contribution in [0.4, 0.5) is 4.39 Å². The van der Waals surface area contributed by atoms with Crippen LogP contribution in [0.2, 0.25) is 5.02 Å². The van der Waals surface area contributed by atoms with Gasteiger partial charge in [0, 0.05) is 17.4 Å². The summed E-state index contributed by atoms with van der Waals surface area (Å²) >= 11 is 6.25. The van der Waals surface area contributed by atoms with E-state index >= 15 is 0 Å². The van der Waals surface area contributed by atoms with Crippen LogP contribution in [0.25, 0.3) is 0 Å². The zero-order valence-corrected chi connectivity index (χ0v) is 66.1. The van der Waals surface area contributed by atoms with E-state index in [1.54, 1.807) is 13.0 Å². The smallest absolute Gasteiger partial charge is 0.126 e. The Bertz CT molecular complexity index is 2780. The fraction of sp³-hybridized carbons (Fsp3) is 0.607. The van der Waals surface area contributed by atoms with E-state index < -0.39 is 0 Å². The van der Waals surface area contributed by atoms with E-state index in [9.17, 15) is 4.39 Å². The summed E-state index contributed by atoms with van der Waals surface area (Å²) in [6, 6.07) is 44.7. The molecule has 1 aromatic heterocycles. The first-order chi connectivity index (χ1) is 41.9. The highest BCUT2D eigenvalue weighted by Crippen LogP contribution is 2.40. The molecule has 1 nitrogen and oxygen atoms in total. The van der Waals surface area contributed by atoms with Crippen molar-refractivity contribution in [2.75, 3.05) is 0 Å². The van der Waals surface area contributed by atoms with Crippen LogP contribution in [-0.4, -0.2) is 4.98 Å². The van der Waals surface area contributed by atoms with Crippen LogP contribution in [0.5, 0.6) is 0 Å². The highest BCUT2D eigenvalue weighted by atomic mass is 35.5. The normalized spacial score (nSPS) is 14.7. The van der Waals surface area contributed by atoms with Gasteiger partial charge < -0.3 is 0 Å². The van der Waals surface area contributed by atoms with E-state index in [-0.39, 0.29) is 5.82 Å². The maximum absolute atomic E-state index is 13.4. The molecule has 5 aromatic carbocycles.